The third-order valence-electron chi connectivity index (χ3n) is 6.82. The van der Waals surface area contributed by atoms with Crippen LogP contribution in [0.1, 0.15) is 40.3 Å². The monoisotopic (exact) mass is 412 g/mol. The van der Waals surface area contributed by atoms with Crippen molar-refractivity contribution < 1.29 is 0 Å². The summed E-state index contributed by atoms with van der Waals surface area (Å²) in [6.45, 7) is 6.61. The lowest BCUT2D eigenvalue weighted by Gasteiger charge is -2.17. The van der Waals surface area contributed by atoms with Gasteiger partial charge < -0.3 is 0 Å². The predicted octanol–water partition coefficient (Wildman–Crippen LogP) is 7.90. The van der Waals surface area contributed by atoms with Crippen LogP contribution in [-0.4, -0.2) is 0 Å². The summed E-state index contributed by atoms with van der Waals surface area (Å²) in [6.07, 6.45) is 0. The van der Waals surface area contributed by atoms with Crippen LogP contribution >= 0.6 is 0 Å². The first-order chi connectivity index (χ1) is 15.6. The Balaban J connectivity index is 1.78. The van der Waals surface area contributed by atoms with E-state index in [1.807, 2.05) is 0 Å². The molecule has 0 aliphatic heterocycles. The molecule has 0 N–H and O–H groups in total. The quantitative estimate of drug-likeness (QED) is 0.299. The van der Waals surface area contributed by atoms with Gasteiger partial charge in [-0.2, -0.15) is 0 Å². The first kappa shape index (κ1) is 20.3. The molecule has 1 aliphatic rings. The summed E-state index contributed by atoms with van der Waals surface area (Å²) in [5.41, 5.74) is 14.0. The fraction of sp³-hybridized carbons (Fsp3) is 0.156. The number of allylic oxidation sites excluding steroid dienone is 1. The summed E-state index contributed by atoms with van der Waals surface area (Å²) in [5, 5.41) is 0. The van der Waals surface area contributed by atoms with Crippen LogP contribution in [-0.2, 0) is 5.41 Å². The molecule has 0 radical (unpaired) electrons. The number of hydrogen-bond acceptors (Lipinski definition) is 0. The highest BCUT2D eigenvalue weighted by atomic mass is 14.6. The Hall–Kier alpha value is -3.60. The van der Waals surface area contributed by atoms with Crippen LogP contribution in [0.4, 0.5) is 0 Å². The Bertz CT molecular complexity index is 1200. The van der Waals surface area contributed by atoms with Gasteiger partial charge in [-0.3, -0.25) is 0 Å². The normalized spacial score (nSPS) is 16.3. The Labute approximate surface area is 191 Å². The zero-order valence-corrected chi connectivity index (χ0v) is 19.0. The van der Waals surface area contributed by atoms with Crippen molar-refractivity contribution in [2.75, 3.05) is 0 Å². The molecule has 0 nitrogen and oxygen atoms in total. The number of rotatable bonds is 4. The third-order valence-corrected chi connectivity index (χ3v) is 6.82. The van der Waals surface area contributed by atoms with Crippen LogP contribution < -0.4 is 0 Å². The lowest BCUT2D eigenvalue weighted by molar-refractivity contribution is 0.752. The first-order valence-electron chi connectivity index (χ1n) is 11.4. The molecular formula is C32H28. The zero-order chi connectivity index (χ0) is 22.1. The van der Waals surface area contributed by atoms with E-state index in [0.29, 0.717) is 5.92 Å². The van der Waals surface area contributed by atoms with Gasteiger partial charge in [0.2, 0.25) is 0 Å². The molecule has 0 spiro atoms. The molecule has 1 unspecified atom stereocenters. The van der Waals surface area contributed by atoms with Crippen LogP contribution in [0, 0.1) is 19.8 Å². The van der Waals surface area contributed by atoms with Crippen molar-refractivity contribution in [2.24, 2.45) is 5.92 Å². The molecule has 1 atom stereocenters. The van der Waals surface area contributed by atoms with Gasteiger partial charge in [-0.05, 0) is 41.7 Å². The van der Waals surface area contributed by atoms with Crippen molar-refractivity contribution in [1.82, 2.24) is 0 Å². The molecule has 4 aromatic rings. The van der Waals surface area contributed by atoms with Gasteiger partial charge in [0.15, 0.2) is 0 Å². The van der Waals surface area contributed by atoms with E-state index >= 15 is 0 Å². The highest BCUT2D eigenvalue weighted by molar-refractivity contribution is 5.81. The van der Waals surface area contributed by atoms with Crippen molar-refractivity contribution in [2.45, 2.75) is 26.2 Å². The molecule has 0 aromatic heterocycles. The maximum Gasteiger partial charge on any atom is 0.0558 e. The smallest absolute Gasteiger partial charge is 0.0558 e. The molecule has 4 aromatic carbocycles. The minimum Gasteiger partial charge on any atom is -0.111 e. The molecule has 1 aliphatic carbocycles. The van der Waals surface area contributed by atoms with E-state index in [9.17, 15) is 0 Å². The minimum atomic E-state index is -0.122. The molecule has 32 heavy (non-hydrogen) atoms. The van der Waals surface area contributed by atoms with Crippen molar-refractivity contribution >= 4 is 5.57 Å². The number of aryl methyl sites for hydroxylation is 2. The summed E-state index contributed by atoms with van der Waals surface area (Å²) in [6, 6.07) is 39.4. The lowest BCUT2D eigenvalue weighted by Crippen LogP contribution is -2.11. The SMILES string of the molecule is Cc1ccc(C(=C=C2C(C)C2(c2ccccc2)c2ccccc2)c2ccc(C)cc2)cc1. The third kappa shape index (κ3) is 3.44. The van der Waals surface area contributed by atoms with E-state index in [4.69, 9.17) is 0 Å². The minimum absolute atomic E-state index is 0.122. The van der Waals surface area contributed by atoms with Gasteiger partial charge in [0, 0.05) is 11.5 Å². The fourth-order valence-electron chi connectivity index (χ4n) is 4.95. The second kappa shape index (κ2) is 8.15. The Morgan fingerprint density at radius 1 is 0.594 bits per heavy atom. The number of benzene rings is 4. The highest BCUT2D eigenvalue weighted by Crippen LogP contribution is 2.63. The summed E-state index contributed by atoms with van der Waals surface area (Å²) in [5.74, 6) is 0.387. The molecule has 5 rings (SSSR count). The van der Waals surface area contributed by atoms with Gasteiger partial charge in [-0.15, -0.1) is 5.73 Å². The van der Waals surface area contributed by atoms with Crippen LogP contribution in [0.2, 0.25) is 0 Å². The van der Waals surface area contributed by atoms with E-state index in [0.717, 1.165) is 0 Å². The molecule has 1 fully saturated rings. The Morgan fingerprint density at radius 2 is 1.00 bits per heavy atom. The van der Waals surface area contributed by atoms with E-state index in [1.54, 1.807) is 0 Å². The van der Waals surface area contributed by atoms with Crippen LogP contribution in [0.25, 0.3) is 5.57 Å². The largest absolute Gasteiger partial charge is 0.111 e. The summed E-state index contributed by atoms with van der Waals surface area (Å²) in [4.78, 5) is 0. The molecule has 156 valence electrons. The molecule has 0 heteroatoms. The number of hydrogen-bond donors (Lipinski definition) is 0. The lowest BCUT2D eigenvalue weighted by atomic mass is 9.85. The van der Waals surface area contributed by atoms with Crippen molar-refractivity contribution in [3.63, 3.8) is 0 Å². The van der Waals surface area contributed by atoms with Crippen LogP contribution in [0.15, 0.2) is 120 Å². The predicted molar refractivity (Wildman–Crippen MR) is 135 cm³/mol. The molecule has 0 bridgehead atoms. The zero-order valence-electron chi connectivity index (χ0n) is 19.0. The Morgan fingerprint density at radius 3 is 1.41 bits per heavy atom. The van der Waals surface area contributed by atoms with Gasteiger partial charge in [0.25, 0.3) is 0 Å². The van der Waals surface area contributed by atoms with Crippen molar-refractivity contribution in [3.8, 4) is 0 Å². The topological polar surface area (TPSA) is 0 Å². The average molecular weight is 413 g/mol. The van der Waals surface area contributed by atoms with Gasteiger partial charge in [0.05, 0.1) is 5.41 Å². The summed E-state index contributed by atoms with van der Waals surface area (Å²) < 4.78 is 0. The maximum atomic E-state index is 3.93. The second-order valence-electron chi connectivity index (χ2n) is 8.91. The highest BCUT2D eigenvalue weighted by Gasteiger charge is 2.59. The first-order valence-corrected chi connectivity index (χ1v) is 11.4. The van der Waals surface area contributed by atoms with Crippen molar-refractivity contribution in [3.05, 3.63) is 154 Å². The molecule has 0 amide bonds. The standard InChI is InChI=1S/C32H28/c1-23-14-18-26(19-15-23)30(27-20-16-24(2)17-21-27)22-31-25(3)32(31,28-10-6-4-7-11-28)29-12-8-5-9-13-29/h4-21,25H,1-3H3. The summed E-state index contributed by atoms with van der Waals surface area (Å²) in [7, 11) is 0. The fourth-order valence-corrected chi connectivity index (χ4v) is 4.95. The van der Waals surface area contributed by atoms with E-state index in [-0.39, 0.29) is 5.41 Å². The van der Waals surface area contributed by atoms with Crippen LogP contribution in [0.3, 0.4) is 0 Å². The van der Waals surface area contributed by atoms with E-state index in [2.05, 4.69) is 136 Å². The van der Waals surface area contributed by atoms with E-state index < -0.39 is 0 Å². The average Bonchev–Trinajstić information content (AvgIpc) is 3.44. The Kier molecular flexibility index (Phi) is 5.17. The van der Waals surface area contributed by atoms with Gasteiger partial charge in [0.1, 0.15) is 0 Å². The van der Waals surface area contributed by atoms with Gasteiger partial charge in [-0.1, -0.05) is 127 Å². The molecule has 0 heterocycles. The summed E-state index contributed by atoms with van der Waals surface area (Å²) >= 11 is 0. The molecular weight excluding hydrogens is 384 g/mol. The molecule has 1 saturated carbocycles. The van der Waals surface area contributed by atoms with Crippen molar-refractivity contribution in [1.29, 1.82) is 0 Å². The molecule has 0 saturated heterocycles. The van der Waals surface area contributed by atoms with Crippen LogP contribution in [0.5, 0.6) is 0 Å². The second-order valence-corrected chi connectivity index (χ2v) is 8.91. The maximum absolute atomic E-state index is 3.93. The van der Waals surface area contributed by atoms with Gasteiger partial charge >= 0.3 is 0 Å². The van der Waals surface area contributed by atoms with E-state index in [1.165, 1.54) is 44.5 Å². The van der Waals surface area contributed by atoms with Gasteiger partial charge in [-0.25, -0.2) is 0 Å².